The van der Waals surface area contributed by atoms with E-state index in [1.54, 1.807) is 7.11 Å². The molecule has 98 valence electrons. The molecule has 1 heterocycles. The number of nitrogens with zero attached hydrogens (tertiary/aromatic N) is 1. The molecule has 1 aliphatic heterocycles. The van der Waals surface area contributed by atoms with Gasteiger partial charge in [0.15, 0.2) is 0 Å². The van der Waals surface area contributed by atoms with Crippen LogP contribution in [0.1, 0.15) is 40.5 Å². The van der Waals surface area contributed by atoms with Crippen molar-refractivity contribution in [3.8, 4) is 0 Å². The third-order valence-corrected chi connectivity index (χ3v) is 4.87. The topological polar surface area (TPSA) is 41.6 Å². The predicted molar refractivity (Wildman–Crippen MR) is 66.5 cm³/mol. The summed E-state index contributed by atoms with van der Waals surface area (Å²) in [6.07, 6.45) is 2.06. The summed E-state index contributed by atoms with van der Waals surface area (Å²) in [7, 11) is 1.75. The lowest BCUT2D eigenvalue weighted by Gasteiger charge is -2.54. The second-order valence-electron chi connectivity index (χ2n) is 6.09. The summed E-state index contributed by atoms with van der Waals surface area (Å²) in [4.78, 5) is 14.4. The van der Waals surface area contributed by atoms with E-state index in [1.807, 2.05) is 11.8 Å². The van der Waals surface area contributed by atoms with Gasteiger partial charge in [-0.15, -0.1) is 0 Å². The van der Waals surface area contributed by atoms with Crippen molar-refractivity contribution in [2.24, 2.45) is 5.41 Å². The van der Waals surface area contributed by atoms with Crippen molar-refractivity contribution >= 4 is 5.91 Å². The van der Waals surface area contributed by atoms with Gasteiger partial charge in [0.25, 0.3) is 0 Å². The minimum Gasteiger partial charge on any atom is -0.381 e. The Kier molecular flexibility index (Phi) is 2.99. The largest absolute Gasteiger partial charge is 0.381 e. The molecule has 0 aromatic heterocycles. The van der Waals surface area contributed by atoms with Crippen LogP contribution in [0.5, 0.6) is 0 Å². The lowest BCUT2D eigenvalue weighted by atomic mass is 9.63. The van der Waals surface area contributed by atoms with Crippen molar-refractivity contribution in [1.29, 1.82) is 0 Å². The van der Waals surface area contributed by atoms with Crippen LogP contribution in [0.25, 0.3) is 0 Å². The molecule has 0 aromatic carbocycles. The molecule has 17 heavy (non-hydrogen) atoms. The molecule has 2 rings (SSSR count). The summed E-state index contributed by atoms with van der Waals surface area (Å²) < 4.78 is 5.45. The minimum atomic E-state index is -0.367. The van der Waals surface area contributed by atoms with Crippen LogP contribution in [0.4, 0.5) is 0 Å². The second-order valence-corrected chi connectivity index (χ2v) is 6.09. The van der Waals surface area contributed by atoms with Crippen molar-refractivity contribution in [2.75, 3.05) is 13.8 Å². The van der Waals surface area contributed by atoms with Crippen molar-refractivity contribution in [1.82, 2.24) is 10.2 Å². The Hall–Kier alpha value is -0.610. The summed E-state index contributed by atoms with van der Waals surface area (Å²) in [5.41, 5.74) is -0.306. The van der Waals surface area contributed by atoms with Crippen LogP contribution >= 0.6 is 0 Å². The molecule has 3 unspecified atom stereocenters. The Morgan fingerprint density at radius 2 is 2.12 bits per heavy atom. The van der Waals surface area contributed by atoms with Gasteiger partial charge < -0.3 is 9.64 Å². The fourth-order valence-electron chi connectivity index (χ4n) is 3.05. The van der Waals surface area contributed by atoms with Gasteiger partial charge in [0.1, 0.15) is 0 Å². The van der Waals surface area contributed by atoms with Crippen LogP contribution in [0.2, 0.25) is 0 Å². The van der Waals surface area contributed by atoms with Gasteiger partial charge in [-0.3, -0.25) is 10.1 Å². The van der Waals surface area contributed by atoms with Gasteiger partial charge in [-0.2, -0.15) is 0 Å². The number of amides is 1. The number of rotatable bonds is 3. The first kappa shape index (κ1) is 12.8. The number of carbonyl (C=O) groups excluding carboxylic acids is 1. The zero-order valence-electron chi connectivity index (χ0n) is 11.5. The highest BCUT2D eigenvalue weighted by molar-refractivity contribution is 5.88. The van der Waals surface area contributed by atoms with E-state index in [1.165, 1.54) is 0 Å². The third-order valence-electron chi connectivity index (χ3n) is 4.87. The Bertz CT molecular complexity index is 329. The number of nitrogens with one attached hydrogen (secondary N) is 1. The second kappa shape index (κ2) is 3.95. The first-order valence-electron chi connectivity index (χ1n) is 6.45. The van der Waals surface area contributed by atoms with E-state index in [2.05, 4.69) is 26.1 Å². The average Bonchev–Trinajstić information content (AvgIpc) is 2.57. The van der Waals surface area contributed by atoms with Crippen molar-refractivity contribution in [3.63, 3.8) is 0 Å². The predicted octanol–water partition coefficient (Wildman–Crippen LogP) is 1.36. The quantitative estimate of drug-likeness (QED) is 0.810. The first-order valence-corrected chi connectivity index (χ1v) is 6.45. The number of methoxy groups -OCH3 is 1. The molecule has 4 heteroatoms. The molecule has 3 atom stereocenters. The Balaban J connectivity index is 2.10. The number of ether oxygens (including phenoxy) is 1. The van der Waals surface area contributed by atoms with Gasteiger partial charge in [-0.1, -0.05) is 20.8 Å². The summed E-state index contributed by atoms with van der Waals surface area (Å²) in [5.74, 6) is 0.243. The van der Waals surface area contributed by atoms with Crippen LogP contribution in [-0.2, 0) is 9.53 Å². The Morgan fingerprint density at radius 1 is 1.47 bits per heavy atom. The van der Waals surface area contributed by atoms with E-state index in [4.69, 9.17) is 4.74 Å². The standard InChI is InChI=1S/C13H24N2O2/c1-6-13(4)11(16)15(8-14-13)9-7-10(17-5)12(9,2)3/h9-10,14H,6-8H2,1-5H3. The highest BCUT2D eigenvalue weighted by Crippen LogP contribution is 2.46. The zero-order valence-corrected chi connectivity index (χ0v) is 11.5. The summed E-state index contributed by atoms with van der Waals surface area (Å²) in [5, 5.41) is 3.34. The third kappa shape index (κ3) is 1.69. The lowest BCUT2D eigenvalue weighted by molar-refractivity contribution is -0.159. The maximum absolute atomic E-state index is 12.4. The Labute approximate surface area is 104 Å². The molecule has 2 aliphatic rings. The zero-order chi connectivity index (χ0) is 12.8. The molecule has 0 bridgehead atoms. The summed E-state index contributed by atoms with van der Waals surface area (Å²) >= 11 is 0. The van der Waals surface area contributed by atoms with Crippen LogP contribution < -0.4 is 5.32 Å². The normalized spacial score (nSPS) is 40.5. The SMILES string of the molecule is CCC1(C)NCN(C2CC(OC)C2(C)C)C1=O. The van der Waals surface area contributed by atoms with E-state index in [0.717, 1.165) is 12.8 Å². The van der Waals surface area contributed by atoms with Crippen molar-refractivity contribution in [3.05, 3.63) is 0 Å². The van der Waals surface area contributed by atoms with Crippen molar-refractivity contribution in [2.45, 2.75) is 58.2 Å². The van der Waals surface area contributed by atoms with Crippen LogP contribution in [0.15, 0.2) is 0 Å². The molecule has 1 amide bonds. The number of carbonyl (C=O) groups is 1. The fourth-order valence-corrected chi connectivity index (χ4v) is 3.05. The minimum absolute atomic E-state index is 0.0606. The van der Waals surface area contributed by atoms with Crippen molar-refractivity contribution < 1.29 is 9.53 Å². The number of hydrogen-bond acceptors (Lipinski definition) is 3. The molecular formula is C13H24N2O2. The van der Waals surface area contributed by atoms with Gasteiger partial charge >= 0.3 is 0 Å². The fraction of sp³-hybridized carbons (Fsp3) is 0.923. The molecule has 0 aromatic rings. The van der Waals surface area contributed by atoms with E-state index in [0.29, 0.717) is 12.7 Å². The lowest BCUT2D eigenvalue weighted by Crippen LogP contribution is -2.63. The first-order chi connectivity index (χ1) is 7.86. The molecule has 2 fully saturated rings. The number of hydrogen-bond donors (Lipinski definition) is 1. The van der Waals surface area contributed by atoms with Gasteiger partial charge in [-0.05, 0) is 19.8 Å². The molecule has 4 nitrogen and oxygen atoms in total. The summed E-state index contributed by atoms with van der Waals surface area (Å²) in [6.45, 7) is 9.09. The molecule has 0 radical (unpaired) electrons. The monoisotopic (exact) mass is 240 g/mol. The van der Waals surface area contributed by atoms with Crippen LogP contribution in [0.3, 0.4) is 0 Å². The van der Waals surface area contributed by atoms with Gasteiger partial charge in [0.2, 0.25) is 5.91 Å². The van der Waals surface area contributed by atoms with Gasteiger partial charge in [0, 0.05) is 18.6 Å². The van der Waals surface area contributed by atoms with Gasteiger partial charge in [0.05, 0.1) is 18.3 Å². The molecule has 0 spiro atoms. The highest BCUT2D eigenvalue weighted by Gasteiger charge is 2.56. The molecule has 1 saturated carbocycles. The molecule has 1 saturated heterocycles. The molecule has 1 aliphatic carbocycles. The Morgan fingerprint density at radius 3 is 2.53 bits per heavy atom. The average molecular weight is 240 g/mol. The molecular weight excluding hydrogens is 216 g/mol. The maximum Gasteiger partial charge on any atom is 0.243 e. The maximum atomic E-state index is 12.4. The van der Waals surface area contributed by atoms with E-state index in [-0.39, 0.29) is 23.0 Å². The van der Waals surface area contributed by atoms with Crippen LogP contribution in [-0.4, -0.2) is 42.3 Å². The smallest absolute Gasteiger partial charge is 0.243 e. The van der Waals surface area contributed by atoms with Crippen LogP contribution in [0, 0.1) is 5.41 Å². The van der Waals surface area contributed by atoms with E-state index >= 15 is 0 Å². The van der Waals surface area contributed by atoms with Gasteiger partial charge in [-0.25, -0.2) is 0 Å². The van der Waals surface area contributed by atoms with E-state index in [9.17, 15) is 4.79 Å². The summed E-state index contributed by atoms with van der Waals surface area (Å²) in [6, 6.07) is 0.306. The van der Waals surface area contributed by atoms with E-state index < -0.39 is 0 Å². The highest BCUT2D eigenvalue weighted by atomic mass is 16.5. The molecule has 1 N–H and O–H groups in total.